The summed E-state index contributed by atoms with van der Waals surface area (Å²) in [7, 11) is 3.30. The monoisotopic (exact) mass is 161 g/mol. The molecule has 0 aliphatic rings. The third-order valence-corrected chi connectivity index (χ3v) is 1.96. The molecule has 0 spiro atoms. The molecule has 0 aromatic heterocycles. The smallest absolute Gasteiger partial charge is 0.157 e. The lowest BCUT2D eigenvalue weighted by molar-refractivity contribution is -0.113. The zero-order valence-corrected chi connectivity index (χ0v) is 7.67. The molecule has 0 fully saturated rings. The van der Waals surface area contributed by atoms with Crippen LogP contribution in [-0.4, -0.2) is 27.1 Å². The third-order valence-electron chi connectivity index (χ3n) is 1.96. The zero-order chi connectivity index (χ0) is 8.69. The quantitative estimate of drug-likeness (QED) is 0.591. The van der Waals surface area contributed by atoms with Gasteiger partial charge in [0, 0.05) is 20.6 Å². The fourth-order valence-electron chi connectivity index (χ4n) is 0.990. The van der Waals surface area contributed by atoms with Crippen LogP contribution in [-0.2, 0) is 9.47 Å². The molecule has 0 radical (unpaired) electrons. The highest BCUT2D eigenvalue weighted by Crippen LogP contribution is 2.11. The van der Waals surface area contributed by atoms with E-state index in [1.165, 1.54) is 0 Å². The van der Waals surface area contributed by atoms with E-state index in [1.54, 1.807) is 14.2 Å². The van der Waals surface area contributed by atoms with E-state index < -0.39 is 0 Å². The molecule has 3 nitrogen and oxygen atoms in total. The Kier molecular flexibility index (Phi) is 6.51. The molecule has 0 aromatic carbocycles. The summed E-state index contributed by atoms with van der Waals surface area (Å²) in [5, 5.41) is 0. The van der Waals surface area contributed by atoms with Gasteiger partial charge in [-0.05, 0) is 12.5 Å². The molecule has 0 saturated heterocycles. The molecule has 0 bridgehead atoms. The summed E-state index contributed by atoms with van der Waals surface area (Å²) >= 11 is 0. The van der Waals surface area contributed by atoms with Crippen molar-refractivity contribution in [2.24, 2.45) is 11.7 Å². The van der Waals surface area contributed by atoms with Crippen LogP contribution >= 0.6 is 0 Å². The van der Waals surface area contributed by atoms with Crippen LogP contribution in [0.1, 0.15) is 19.8 Å². The van der Waals surface area contributed by atoms with Gasteiger partial charge in [-0.15, -0.1) is 0 Å². The van der Waals surface area contributed by atoms with Crippen LogP contribution in [0.2, 0.25) is 0 Å². The molecule has 3 heteroatoms. The average molecular weight is 161 g/mol. The molecular weight excluding hydrogens is 142 g/mol. The van der Waals surface area contributed by atoms with Gasteiger partial charge in [-0.25, -0.2) is 0 Å². The number of hydrogen-bond acceptors (Lipinski definition) is 3. The Morgan fingerprint density at radius 1 is 1.27 bits per heavy atom. The van der Waals surface area contributed by atoms with E-state index in [0.717, 1.165) is 12.8 Å². The summed E-state index contributed by atoms with van der Waals surface area (Å²) in [5.41, 5.74) is 5.53. The molecule has 0 amide bonds. The highest BCUT2D eigenvalue weighted by atomic mass is 16.7. The Labute approximate surface area is 68.9 Å². The van der Waals surface area contributed by atoms with Crippen molar-refractivity contribution in [3.05, 3.63) is 0 Å². The van der Waals surface area contributed by atoms with Crippen molar-refractivity contribution < 1.29 is 9.47 Å². The first-order valence-electron chi connectivity index (χ1n) is 4.04. The molecule has 0 rings (SSSR count). The molecule has 0 aromatic rings. The topological polar surface area (TPSA) is 44.5 Å². The number of methoxy groups -OCH3 is 2. The first-order chi connectivity index (χ1) is 5.28. The van der Waals surface area contributed by atoms with Crippen molar-refractivity contribution in [1.29, 1.82) is 0 Å². The largest absolute Gasteiger partial charge is 0.356 e. The van der Waals surface area contributed by atoms with Crippen LogP contribution in [0.3, 0.4) is 0 Å². The predicted octanol–water partition coefficient (Wildman–Crippen LogP) is 0.980. The number of hydrogen-bond donors (Lipinski definition) is 1. The first-order valence-corrected chi connectivity index (χ1v) is 4.04. The van der Waals surface area contributed by atoms with Crippen molar-refractivity contribution in [1.82, 2.24) is 0 Å². The lowest BCUT2D eigenvalue weighted by atomic mass is 10.0. The summed E-state index contributed by atoms with van der Waals surface area (Å²) in [6.07, 6.45) is 1.88. The normalized spacial score (nSPS) is 13.9. The summed E-state index contributed by atoms with van der Waals surface area (Å²) in [6.45, 7) is 2.83. The summed E-state index contributed by atoms with van der Waals surface area (Å²) < 4.78 is 10.1. The van der Waals surface area contributed by atoms with Gasteiger partial charge in [0.2, 0.25) is 0 Å². The molecule has 0 aliphatic heterocycles. The lowest BCUT2D eigenvalue weighted by Gasteiger charge is -2.18. The maximum Gasteiger partial charge on any atom is 0.157 e. The first kappa shape index (κ1) is 10.9. The van der Waals surface area contributed by atoms with E-state index in [9.17, 15) is 0 Å². The molecule has 68 valence electrons. The van der Waals surface area contributed by atoms with Crippen molar-refractivity contribution >= 4 is 0 Å². The van der Waals surface area contributed by atoms with Crippen LogP contribution in [0.15, 0.2) is 0 Å². The Morgan fingerprint density at radius 3 is 2.09 bits per heavy atom. The van der Waals surface area contributed by atoms with Gasteiger partial charge in [0.25, 0.3) is 0 Å². The zero-order valence-electron chi connectivity index (χ0n) is 7.67. The number of rotatable bonds is 6. The second kappa shape index (κ2) is 6.58. The van der Waals surface area contributed by atoms with E-state index in [1.807, 2.05) is 0 Å². The summed E-state index contributed by atoms with van der Waals surface area (Å²) in [5.74, 6) is 0.514. The van der Waals surface area contributed by atoms with Gasteiger partial charge in [0.1, 0.15) is 0 Å². The van der Waals surface area contributed by atoms with Crippen LogP contribution in [0, 0.1) is 5.92 Å². The number of nitrogens with two attached hydrogens (primary N) is 1. The van der Waals surface area contributed by atoms with Crippen molar-refractivity contribution in [3.8, 4) is 0 Å². The SMILES string of the molecule is CC[C@@H](CN)CC(OC)OC. The van der Waals surface area contributed by atoms with E-state index >= 15 is 0 Å². The molecular formula is C8H19NO2. The van der Waals surface area contributed by atoms with E-state index in [-0.39, 0.29) is 6.29 Å². The van der Waals surface area contributed by atoms with Crippen molar-refractivity contribution in [3.63, 3.8) is 0 Å². The number of ether oxygens (including phenoxy) is 2. The summed E-state index contributed by atoms with van der Waals surface area (Å²) in [4.78, 5) is 0. The molecule has 1 atom stereocenters. The average Bonchev–Trinajstić information content (AvgIpc) is 2.07. The molecule has 0 unspecified atom stereocenters. The van der Waals surface area contributed by atoms with E-state index in [2.05, 4.69) is 6.92 Å². The molecule has 2 N–H and O–H groups in total. The fourth-order valence-corrected chi connectivity index (χ4v) is 0.990. The van der Waals surface area contributed by atoms with E-state index in [4.69, 9.17) is 15.2 Å². The van der Waals surface area contributed by atoms with Gasteiger partial charge in [-0.3, -0.25) is 0 Å². The van der Waals surface area contributed by atoms with Gasteiger partial charge < -0.3 is 15.2 Å². The van der Waals surface area contributed by atoms with E-state index in [0.29, 0.717) is 12.5 Å². The van der Waals surface area contributed by atoms with Gasteiger partial charge in [0.15, 0.2) is 6.29 Å². The maximum absolute atomic E-state index is 5.53. The molecule has 0 aliphatic carbocycles. The third kappa shape index (κ3) is 4.35. The second-order valence-corrected chi connectivity index (χ2v) is 2.65. The fraction of sp³-hybridized carbons (Fsp3) is 1.00. The van der Waals surface area contributed by atoms with Crippen LogP contribution in [0.5, 0.6) is 0 Å². The van der Waals surface area contributed by atoms with Gasteiger partial charge in [-0.1, -0.05) is 13.3 Å². The highest BCUT2D eigenvalue weighted by molar-refractivity contribution is 4.59. The highest BCUT2D eigenvalue weighted by Gasteiger charge is 2.11. The van der Waals surface area contributed by atoms with Crippen LogP contribution in [0.4, 0.5) is 0 Å². The Bertz CT molecular complexity index is 70.2. The van der Waals surface area contributed by atoms with Crippen LogP contribution < -0.4 is 5.73 Å². The van der Waals surface area contributed by atoms with Crippen molar-refractivity contribution in [2.45, 2.75) is 26.1 Å². The van der Waals surface area contributed by atoms with Gasteiger partial charge >= 0.3 is 0 Å². The molecule has 11 heavy (non-hydrogen) atoms. The minimum absolute atomic E-state index is 0.0940. The maximum atomic E-state index is 5.53. The lowest BCUT2D eigenvalue weighted by Crippen LogP contribution is -2.22. The Balaban J connectivity index is 3.58. The van der Waals surface area contributed by atoms with Crippen molar-refractivity contribution in [2.75, 3.05) is 20.8 Å². The molecule has 0 saturated carbocycles. The molecule has 0 heterocycles. The van der Waals surface area contributed by atoms with Crippen LogP contribution in [0.25, 0.3) is 0 Å². The Hall–Kier alpha value is -0.120. The summed E-state index contributed by atoms with van der Waals surface area (Å²) in [6, 6.07) is 0. The predicted molar refractivity (Wildman–Crippen MR) is 45.3 cm³/mol. The second-order valence-electron chi connectivity index (χ2n) is 2.65. The van der Waals surface area contributed by atoms with Gasteiger partial charge in [0.05, 0.1) is 0 Å². The minimum Gasteiger partial charge on any atom is -0.356 e. The minimum atomic E-state index is -0.0940. The standard InChI is InChI=1S/C8H19NO2/c1-4-7(6-9)5-8(10-2)11-3/h7-8H,4-6,9H2,1-3H3/t7-/m1/s1. The Morgan fingerprint density at radius 2 is 1.82 bits per heavy atom. The van der Waals surface area contributed by atoms with Gasteiger partial charge in [-0.2, -0.15) is 0 Å².